The van der Waals surface area contributed by atoms with Crippen molar-refractivity contribution in [2.75, 3.05) is 0 Å². The van der Waals surface area contributed by atoms with Gasteiger partial charge < -0.3 is 14.7 Å². The average Bonchev–Trinajstić information content (AvgIpc) is 3.05. The molecule has 0 unspecified atom stereocenters. The van der Waals surface area contributed by atoms with Crippen LogP contribution in [0.2, 0.25) is 0 Å². The molecule has 7 aromatic rings. The van der Waals surface area contributed by atoms with E-state index in [0.717, 1.165) is 26.9 Å². The summed E-state index contributed by atoms with van der Waals surface area (Å²) in [4.78, 5) is 0. The Morgan fingerprint density at radius 2 is 0.955 bits per heavy atom. The molecule has 0 bridgehead atoms. The van der Waals surface area contributed by atoms with Crippen molar-refractivity contribution in [2.24, 2.45) is 0 Å². The standard InChI is InChI=1S/C21H23P.C18H13BO3/c1-18(2)22(19-12-6-3-7-13-19,20-14-8-4-9-15-20)21-16-10-5-11-17-21;20-19(21)22-17-7-3-6-12-8-9-15-10-13-4-1-2-5-14(13)11-16(15)18(12)17/h3-18,22H,1-2H3;1-11,20-21H. The number of fused-ring (bicyclic) bond motifs is 4. The first-order valence-corrected chi connectivity index (χ1v) is 17.1. The van der Waals surface area contributed by atoms with Crippen LogP contribution in [-0.4, -0.2) is 23.0 Å². The molecule has 44 heavy (non-hydrogen) atoms. The normalized spacial score (nSPS) is 11.8. The van der Waals surface area contributed by atoms with Crippen molar-refractivity contribution in [1.82, 2.24) is 0 Å². The minimum atomic E-state index is -2.00. The Labute approximate surface area is 259 Å². The maximum Gasteiger partial charge on any atom is 0.707 e. The maximum absolute atomic E-state index is 9.14. The van der Waals surface area contributed by atoms with Gasteiger partial charge in [0.05, 0.1) is 0 Å². The first-order valence-electron chi connectivity index (χ1n) is 15.0. The minimum absolute atomic E-state index is 0.466. The predicted octanol–water partition coefficient (Wildman–Crippen LogP) is 7.62. The topological polar surface area (TPSA) is 49.7 Å². The SMILES string of the molecule is CC(C)[PH](c1ccccc1)(c1ccccc1)c1ccccc1.OB(O)Oc1cccc2ccc3cc4ccccc4cc3c12. The summed E-state index contributed by atoms with van der Waals surface area (Å²) in [5.41, 5.74) is 0.583. The third-order valence-corrected chi connectivity index (χ3v) is 13.9. The van der Waals surface area contributed by atoms with E-state index >= 15 is 0 Å². The molecule has 0 aromatic heterocycles. The van der Waals surface area contributed by atoms with Gasteiger partial charge in [0.15, 0.2) is 0 Å². The average molecular weight is 595 g/mol. The van der Waals surface area contributed by atoms with E-state index in [1.807, 2.05) is 30.3 Å². The van der Waals surface area contributed by atoms with Gasteiger partial charge in [-0.05, 0) is 45.1 Å². The fourth-order valence-electron chi connectivity index (χ4n) is 6.58. The van der Waals surface area contributed by atoms with Gasteiger partial charge in [0, 0.05) is 5.39 Å². The fourth-order valence-corrected chi connectivity index (χ4v) is 11.7. The molecule has 2 N–H and O–H groups in total. The Bertz CT molecular complexity index is 1900. The summed E-state index contributed by atoms with van der Waals surface area (Å²) in [7, 11) is -3.83. The van der Waals surface area contributed by atoms with E-state index in [4.69, 9.17) is 14.7 Å². The molecule has 0 fully saturated rings. The van der Waals surface area contributed by atoms with Crippen molar-refractivity contribution in [3.05, 3.63) is 158 Å². The molecule has 218 valence electrons. The summed E-state index contributed by atoms with van der Waals surface area (Å²) >= 11 is 0. The Morgan fingerprint density at radius 3 is 1.45 bits per heavy atom. The molecule has 0 aliphatic heterocycles. The molecule has 0 radical (unpaired) electrons. The Morgan fingerprint density at radius 1 is 0.500 bits per heavy atom. The molecule has 0 heterocycles. The van der Waals surface area contributed by atoms with Crippen molar-refractivity contribution >= 4 is 62.8 Å². The summed E-state index contributed by atoms with van der Waals surface area (Å²) in [6, 6.07) is 55.3. The van der Waals surface area contributed by atoms with Crippen LogP contribution >= 0.6 is 7.26 Å². The van der Waals surface area contributed by atoms with Crippen LogP contribution in [0.3, 0.4) is 0 Å². The first kappa shape index (κ1) is 29.6. The molecular formula is C39H36BO3P. The zero-order valence-corrected chi connectivity index (χ0v) is 26.0. The maximum atomic E-state index is 9.14. The van der Waals surface area contributed by atoms with Gasteiger partial charge in [-0.2, -0.15) is 0 Å². The van der Waals surface area contributed by atoms with Crippen molar-refractivity contribution in [1.29, 1.82) is 0 Å². The van der Waals surface area contributed by atoms with Crippen molar-refractivity contribution in [2.45, 2.75) is 19.5 Å². The van der Waals surface area contributed by atoms with E-state index in [-0.39, 0.29) is 0 Å². The van der Waals surface area contributed by atoms with Gasteiger partial charge in [-0.25, -0.2) is 0 Å². The molecule has 0 atom stereocenters. The summed E-state index contributed by atoms with van der Waals surface area (Å²) in [6.07, 6.45) is 0. The first-order chi connectivity index (χ1) is 21.5. The second-order valence-corrected chi connectivity index (χ2v) is 15.8. The molecule has 7 rings (SSSR count). The molecule has 0 amide bonds. The molecular weight excluding hydrogens is 558 g/mol. The van der Waals surface area contributed by atoms with E-state index in [1.54, 1.807) is 6.07 Å². The molecule has 0 aliphatic carbocycles. The molecule has 7 aromatic carbocycles. The minimum Gasteiger partial charge on any atom is -0.511 e. The molecule has 0 aliphatic rings. The van der Waals surface area contributed by atoms with Crippen LogP contribution in [0.4, 0.5) is 0 Å². The fraction of sp³-hybridized carbons (Fsp3) is 0.0769. The largest absolute Gasteiger partial charge is 0.707 e. The number of rotatable bonds is 6. The smallest absolute Gasteiger partial charge is 0.511 e. The number of hydrogen-bond acceptors (Lipinski definition) is 3. The molecule has 0 spiro atoms. The Balaban J connectivity index is 0.000000156. The van der Waals surface area contributed by atoms with Gasteiger partial charge in [0.1, 0.15) is 5.75 Å². The van der Waals surface area contributed by atoms with E-state index in [1.165, 1.54) is 21.3 Å². The summed E-state index contributed by atoms with van der Waals surface area (Å²) < 4.78 is 5.16. The van der Waals surface area contributed by atoms with Crippen LogP contribution in [0.5, 0.6) is 5.75 Å². The van der Waals surface area contributed by atoms with Crippen LogP contribution in [0.25, 0.3) is 32.3 Å². The van der Waals surface area contributed by atoms with Crippen LogP contribution in [0.1, 0.15) is 13.8 Å². The van der Waals surface area contributed by atoms with Gasteiger partial charge in [-0.3, -0.25) is 0 Å². The zero-order chi connectivity index (χ0) is 30.5. The third kappa shape index (κ3) is 5.73. The van der Waals surface area contributed by atoms with Gasteiger partial charge in [0.25, 0.3) is 0 Å². The molecule has 3 nitrogen and oxygen atoms in total. The van der Waals surface area contributed by atoms with E-state index in [9.17, 15) is 0 Å². The summed E-state index contributed by atoms with van der Waals surface area (Å²) in [6.45, 7) is 4.75. The summed E-state index contributed by atoms with van der Waals surface area (Å²) in [5, 5.41) is 29.1. The summed E-state index contributed by atoms with van der Waals surface area (Å²) in [5.74, 6) is 0.466. The molecule has 5 heteroatoms. The van der Waals surface area contributed by atoms with Crippen molar-refractivity contribution in [3.8, 4) is 5.75 Å². The Hall–Kier alpha value is -4.47. The second-order valence-electron chi connectivity index (χ2n) is 11.3. The third-order valence-electron chi connectivity index (χ3n) is 8.47. The van der Waals surface area contributed by atoms with Crippen LogP contribution in [0.15, 0.2) is 158 Å². The number of benzene rings is 7. The second kappa shape index (κ2) is 13.0. The van der Waals surface area contributed by atoms with E-state index in [0.29, 0.717) is 11.4 Å². The zero-order valence-electron chi connectivity index (χ0n) is 25.0. The Kier molecular flexibility index (Phi) is 8.77. The monoisotopic (exact) mass is 594 g/mol. The molecule has 0 saturated carbocycles. The van der Waals surface area contributed by atoms with Gasteiger partial charge in [-0.1, -0.05) is 48.5 Å². The van der Waals surface area contributed by atoms with E-state index in [2.05, 4.69) is 135 Å². The van der Waals surface area contributed by atoms with Crippen LogP contribution < -0.4 is 20.6 Å². The van der Waals surface area contributed by atoms with Crippen molar-refractivity contribution < 1.29 is 14.7 Å². The van der Waals surface area contributed by atoms with Crippen molar-refractivity contribution in [3.63, 3.8) is 0 Å². The van der Waals surface area contributed by atoms with Gasteiger partial charge in [0.2, 0.25) is 0 Å². The predicted molar refractivity (Wildman–Crippen MR) is 191 cm³/mol. The van der Waals surface area contributed by atoms with Gasteiger partial charge in [-0.15, -0.1) is 0 Å². The van der Waals surface area contributed by atoms with E-state index < -0.39 is 14.6 Å². The van der Waals surface area contributed by atoms with Crippen LogP contribution in [0, 0.1) is 0 Å². The molecule has 0 saturated heterocycles. The van der Waals surface area contributed by atoms with Gasteiger partial charge >= 0.3 is 141 Å². The number of hydrogen-bond donors (Lipinski definition) is 2. The quantitative estimate of drug-likeness (QED) is 0.0902. The van der Waals surface area contributed by atoms with Crippen LogP contribution in [-0.2, 0) is 0 Å².